The monoisotopic (exact) mass is 466 g/mol. The number of carboxylic acid groups (broad SMARTS) is 1. The Bertz CT molecular complexity index is 1010. The lowest BCUT2D eigenvalue weighted by molar-refractivity contribution is -0.142. The molecule has 0 amide bonds. The van der Waals surface area contributed by atoms with Gasteiger partial charge < -0.3 is 10.4 Å². The van der Waals surface area contributed by atoms with Crippen molar-refractivity contribution in [2.45, 2.75) is 70.4 Å². The molecule has 3 unspecified atom stereocenters. The Morgan fingerprint density at radius 1 is 1.12 bits per heavy atom. The van der Waals surface area contributed by atoms with E-state index in [4.69, 9.17) is 11.6 Å². The molecule has 0 spiro atoms. The molecular weight excluding hydrogens is 432 g/mol. The Morgan fingerprint density at radius 2 is 1.82 bits per heavy atom. The smallest absolute Gasteiger partial charge is 0.320 e. The van der Waals surface area contributed by atoms with Crippen molar-refractivity contribution in [3.63, 3.8) is 0 Å². The average molecular weight is 467 g/mol. The molecule has 2 N–H and O–H groups in total. The van der Waals surface area contributed by atoms with E-state index in [-0.39, 0.29) is 6.04 Å². The topological polar surface area (TPSA) is 52.6 Å². The number of likely N-dealkylation sites (tertiary alicyclic amines) is 1. The molecule has 3 fully saturated rings. The zero-order chi connectivity index (χ0) is 23.2. The summed E-state index contributed by atoms with van der Waals surface area (Å²) in [6, 6.07) is 14.5. The van der Waals surface area contributed by atoms with Gasteiger partial charge in [-0.2, -0.15) is 0 Å². The largest absolute Gasteiger partial charge is 0.480 e. The summed E-state index contributed by atoms with van der Waals surface area (Å²) in [4.78, 5) is 13.5. The van der Waals surface area contributed by atoms with Crippen LogP contribution in [-0.2, 0) is 16.8 Å². The summed E-state index contributed by atoms with van der Waals surface area (Å²) >= 11 is 6.78. The highest BCUT2D eigenvalue weighted by atomic mass is 35.5. The number of fused-ring (bicyclic) bond motifs is 1. The number of carbonyl (C=O) groups is 1. The van der Waals surface area contributed by atoms with Gasteiger partial charge in [0.25, 0.3) is 0 Å². The van der Waals surface area contributed by atoms with Gasteiger partial charge in [0.05, 0.1) is 10.7 Å². The van der Waals surface area contributed by atoms with Gasteiger partial charge in [0.2, 0.25) is 0 Å². The second kappa shape index (κ2) is 8.96. The van der Waals surface area contributed by atoms with E-state index in [1.807, 2.05) is 0 Å². The minimum Gasteiger partial charge on any atom is -0.480 e. The Hall–Kier alpha value is -2.04. The van der Waals surface area contributed by atoms with E-state index >= 15 is 0 Å². The molecule has 0 radical (unpaired) electrons. The predicted molar refractivity (Wildman–Crippen MR) is 134 cm³/mol. The van der Waals surface area contributed by atoms with E-state index < -0.39 is 5.97 Å². The second-order valence-electron chi connectivity index (χ2n) is 10.9. The van der Waals surface area contributed by atoms with Gasteiger partial charge in [-0.1, -0.05) is 43.6 Å². The van der Waals surface area contributed by atoms with Crippen LogP contribution in [0.2, 0.25) is 5.02 Å². The molecule has 2 saturated carbocycles. The molecule has 2 aromatic carbocycles. The van der Waals surface area contributed by atoms with Crippen molar-refractivity contribution in [3.05, 3.63) is 58.6 Å². The van der Waals surface area contributed by atoms with Crippen LogP contribution in [0.4, 0.5) is 11.4 Å². The van der Waals surface area contributed by atoms with Gasteiger partial charge in [-0.15, -0.1) is 0 Å². The molecule has 1 aliphatic heterocycles. The van der Waals surface area contributed by atoms with E-state index in [0.29, 0.717) is 12.0 Å². The number of nitrogens with one attached hydrogen (secondary N) is 1. The fourth-order valence-electron chi connectivity index (χ4n) is 7.12. The number of benzene rings is 2. The van der Waals surface area contributed by atoms with E-state index in [1.54, 1.807) is 0 Å². The van der Waals surface area contributed by atoms with Crippen LogP contribution in [0.15, 0.2) is 42.5 Å². The molecule has 0 aromatic heterocycles. The summed E-state index contributed by atoms with van der Waals surface area (Å²) in [7, 11) is 0. The summed E-state index contributed by atoms with van der Waals surface area (Å²) in [5.41, 5.74) is 4.79. The number of aliphatic carboxylic acids is 1. The molecule has 33 heavy (non-hydrogen) atoms. The lowest BCUT2D eigenvalue weighted by Crippen LogP contribution is -2.35. The summed E-state index contributed by atoms with van der Waals surface area (Å²) in [5.74, 6) is 1.67. The van der Waals surface area contributed by atoms with Crippen LogP contribution in [0.25, 0.3) is 0 Å². The molecule has 4 nitrogen and oxygen atoms in total. The van der Waals surface area contributed by atoms with Crippen molar-refractivity contribution in [1.29, 1.82) is 0 Å². The molecule has 5 rings (SSSR count). The quantitative estimate of drug-likeness (QED) is 0.489. The maximum Gasteiger partial charge on any atom is 0.320 e. The minimum absolute atomic E-state index is 0.312. The van der Waals surface area contributed by atoms with Crippen LogP contribution in [0.1, 0.15) is 63.5 Å². The zero-order valence-electron chi connectivity index (χ0n) is 19.7. The van der Waals surface area contributed by atoms with Gasteiger partial charge in [-0.3, -0.25) is 9.69 Å². The molecule has 2 aromatic rings. The van der Waals surface area contributed by atoms with Crippen LogP contribution in [0, 0.1) is 17.8 Å². The van der Waals surface area contributed by atoms with Gasteiger partial charge in [-0.05, 0) is 104 Å². The first-order chi connectivity index (χ1) is 15.8. The van der Waals surface area contributed by atoms with Crippen molar-refractivity contribution >= 4 is 28.9 Å². The van der Waals surface area contributed by atoms with Crippen LogP contribution in [0.5, 0.6) is 0 Å². The highest BCUT2D eigenvalue weighted by Gasteiger charge is 2.52. The van der Waals surface area contributed by atoms with E-state index in [0.717, 1.165) is 59.1 Å². The first-order valence-corrected chi connectivity index (χ1v) is 12.8. The van der Waals surface area contributed by atoms with Crippen molar-refractivity contribution in [3.8, 4) is 0 Å². The predicted octanol–water partition coefficient (Wildman–Crippen LogP) is 6.85. The Kier molecular flexibility index (Phi) is 6.17. The van der Waals surface area contributed by atoms with Gasteiger partial charge in [0, 0.05) is 12.2 Å². The summed E-state index contributed by atoms with van der Waals surface area (Å²) < 4.78 is 0. The molecule has 3 aliphatic rings. The molecule has 0 bridgehead atoms. The Morgan fingerprint density at radius 3 is 2.45 bits per heavy atom. The molecule has 1 saturated heterocycles. The molecule has 2 aliphatic carbocycles. The first kappa shape index (κ1) is 22.7. The van der Waals surface area contributed by atoms with Crippen LogP contribution >= 0.6 is 11.6 Å². The van der Waals surface area contributed by atoms with Crippen LogP contribution < -0.4 is 5.32 Å². The first-order valence-electron chi connectivity index (χ1n) is 12.5. The molecule has 3 atom stereocenters. The van der Waals surface area contributed by atoms with Gasteiger partial charge in [0.1, 0.15) is 6.04 Å². The van der Waals surface area contributed by atoms with Gasteiger partial charge >= 0.3 is 5.97 Å². The fraction of sp³-hybridized carbons (Fsp3) is 0.536. The fourth-order valence-corrected chi connectivity index (χ4v) is 7.35. The molecule has 176 valence electrons. The van der Waals surface area contributed by atoms with Crippen molar-refractivity contribution in [1.82, 2.24) is 4.90 Å². The number of hydrogen-bond acceptors (Lipinski definition) is 3. The summed E-state index contributed by atoms with van der Waals surface area (Å²) in [6.07, 6.45) is 6.95. The Balaban J connectivity index is 1.28. The summed E-state index contributed by atoms with van der Waals surface area (Å²) in [6.45, 7) is 6.32. The van der Waals surface area contributed by atoms with Gasteiger partial charge in [-0.25, -0.2) is 0 Å². The van der Waals surface area contributed by atoms with Crippen LogP contribution in [-0.4, -0.2) is 28.6 Å². The molecular formula is C28H35ClN2O2. The van der Waals surface area contributed by atoms with Crippen molar-refractivity contribution < 1.29 is 9.90 Å². The molecule has 1 heterocycles. The number of nitrogens with zero attached hydrogens (tertiary/aromatic N) is 1. The lowest BCUT2D eigenvalue weighted by atomic mass is 9.73. The van der Waals surface area contributed by atoms with Gasteiger partial charge in [0.15, 0.2) is 0 Å². The summed E-state index contributed by atoms with van der Waals surface area (Å²) in [5, 5.41) is 13.7. The van der Waals surface area contributed by atoms with Crippen LogP contribution in [0.3, 0.4) is 0 Å². The van der Waals surface area contributed by atoms with E-state index in [1.165, 1.54) is 31.2 Å². The average Bonchev–Trinajstić information content (AvgIpc) is 3.43. The maximum absolute atomic E-state index is 11.4. The molecule has 5 heteroatoms. The third-order valence-electron chi connectivity index (χ3n) is 8.39. The third-order valence-corrected chi connectivity index (χ3v) is 8.70. The Labute approximate surface area is 202 Å². The highest BCUT2D eigenvalue weighted by molar-refractivity contribution is 6.33. The SMILES string of the molecule is CC1CC2CC(C)CC2(c2ccc(Nc3ccc(CN4CCCC4C(=O)O)cc3)c(Cl)c2)C1. The zero-order valence-corrected chi connectivity index (χ0v) is 20.4. The standard InChI is InChI=1S/C28H35ClN2O2/c1-18-12-22-13-19(2)16-28(22,15-18)21-7-10-25(24(29)14-21)30-23-8-5-20(6-9-23)17-31-11-3-4-26(31)27(32)33/h5-10,14,18-19,22,26,30H,3-4,11-13,15-17H2,1-2H3,(H,32,33). The number of rotatable bonds is 6. The normalized spacial score (nSPS) is 31.6. The van der Waals surface area contributed by atoms with Crippen molar-refractivity contribution in [2.75, 3.05) is 11.9 Å². The number of carboxylic acids is 1. The van der Waals surface area contributed by atoms with E-state index in [2.05, 4.69) is 66.5 Å². The second-order valence-corrected chi connectivity index (χ2v) is 11.3. The number of anilines is 2. The number of halogens is 1. The highest BCUT2D eigenvalue weighted by Crippen LogP contribution is 2.59. The minimum atomic E-state index is -0.714. The third kappa shape index (κ3) is 4.40. The van der Waals surface area contributed by atoms with E-state index in [9.17, 15) is 9.90 Å². The lowest BCUT2D eigenvalue weighted by Gasteiger charge is -2.31. The van der Waals surface area contributed by atoms with Crippen molar-refractivity contribution in [2.24, 2.45) is 17.8 Å². The maximum atomic E-state index is 11.4. The number of hydrogen-bond donors (Lipinski definition) is 2.